The number of aliphatic carboxylic acids is 1. The van der Waals surface area contributed by atoms with Crippen LogP contribution in [0.1, 0.15) is 36.0 Å². The molecule has 4 aromatic rings. The van der Waals surface area contributed by atoms with Gasteiger partial charge in [0, 0.05) is 29.2 Å². The number of ether oxygens (including phenoxy) is 1. The predicted octanol–water partition coefficient (Wildman–Crippen LogP) is 5.99. The molecular weight excluding hydrogens is 417 g/mol. The Labute approximate surface area is 192 Å². The van der Waals surface area contributed by atoms with Crippen LogP contribution in [0, 0.1) is 17.7 Å². The number of hydrogen-bond acceptors (Lipinski definition) is 2. The molecule has 0 aliphatic carbocycles. The summed E-state index contributed by atoms with van der Waals surface area (Å²) < 4.78 is 22.6. The fourth-order valence-corrected chi connectivity index (χ4v) is 3.84. The second-order valence-corrected chi connectivity index (χ2v) is 7.83. The molecule has 1 heterocycles. The number of nitrogens with zero attached hydrogens (tertiary/aromatic N) is 1. The fraction of sp³-hybridized carbons (Fsp3) is 0.179. The van der Waals surface area contributed by atoms with Crippen molar-refractivity contribution in [2.45, 2.75) is 32.4 Å². The normalized spacial score (nSPS) is 11.6. The lowest BCUT2D eigenvalue weighted by Gasteiger charge is -2.12. The molecule has 0 aliphatic heterocycles. The van der Waals surface area contributed by atoms with Crippen molar-refractivity contribution in [3.63, 3.8) is 0 Å². The third kappa shape index (κ3) is 5.42. The van der Waals surface area contributed by atoms with E-state index in [9.17, 15) is 9.18 Å². The molecular formula is C28H24FNO3. The number of fused-ring (bicyclic) bond motifs is 1. The van der Waals surface area contributed by atoms with Crippen LogP contribution in [0.4, 0.5) is 4.39 Å². The number of hydrogen-bond donors (Lipinski definition) is 1. The maximum absolute atomic E-state index is 14.7. The van der Waals surface area contributed by atoms with Crippen LogP contribution in [0.15, 0.2) is 79.0 Å². The third-order valence-electron chi connectivity index (χ3n) is 5.51. The molecule has 1 N–H and O–H groups in total. The molecule has 5 heteroatoms. The van der Waals surface area contributed by atoms with Gasteiger partial charge in [0.1, 0.15) is 18.2 Å². The monoisotopic (exact) mass is 441 g/mol. The van der Waals surface area contributed by atoms with E-state index in [0.717, 1.165) is 16.5 Å². The highest BCUT2D eigenvalue weighted by atomic mass is 19.1. The minimum absolute atomic E-state index is 0.0606. The van der Waals surface area contributed by atoms with E-state index in [1.165, 1.54) is 5.56 Å². The highest BCUT2D eigenvalue weighted by molar-refractivity contribution is 5.81. The van der Waals surface area contributed by atoms with Crippen LogP contribution < -0.4 is 4.74 Å². The minimum atomic E-state index is -0.897. The Morgan fingerprint density at radius 3 is 2.55 bits per heavy atom. The summed E-state index contributed by atoms with van der Waals surface area (Å²) >= 11 is 0. The second kappa shape index (κ2) is 10.1. The Bertz CT molecular complexity index is 1310. The minimum Gasteiger partial charge on any atom is -0.489 e. The van der Waals surface area contributed by atoms with Gasteiger partial charge in [0.2, 0.25) is 0 Å². The van der Waals surface area contributed by atoms with Gasteiger partial charge in [-0.15, -0.1) is 5.92 Å². The molecule has 1 aromatic heterocycles. The molecule has 166 valence electrons. The van der Waals surface area contributed by atoms with Crippen molar-refractivity contribution >= 4 is 16.9 Å². The summed E-state index contributed by atoms with van der Waals surface area (Å²) in [5, 5.41) is 9.94. The van der Waals surface area contributed by atoms with E-state index < -0.39 is 5.97 Å². The lowest BCUT2D eigenvalue weighted by atomic mass is 9.96. The maximum atomic E-state index is 14.7. The Morgan fingerprint density at radius 1 is 1.09 bits per heavy atom. The molecule has 0 bridgehead atoms. The van der Waals surface area contributed by atoms with Crippen molar-refractivity contribution in [1.29, 1.82) is 0 Å². The average molecular weight is 442 g/mol. The van der Waals surface area contributed by atoms with E-state index in [1.807, 2.05) is 36.5 Å². The molecule has 1 atom stereocenters. The fourth-order valence-electron chi connectivity index (χ4n) is 3.84. The SMILES string of the molecule is CC#C[C@@H](CC(=O)O)c1ccc(OCc2cc3c(ccn3Cc3ccccc3)cc2F)cc1. The van der Waals surface area contributed by atoms with Crippen LogP contribution >= 0.6 is 0 Å². The maximum Gasteiger partial charge on any atom is 0.304 e. The Morgan fingerprint density at radius 2 is 1.85 bits per heavy atom. The molecule has 0 aliphatic rings. The number of benzene rings is 3. The van der Waals surface area contributed by atoms with E-state index in [1.54, 1.807) is 37.3 Å². The number of carboxylic acid groups (broad SMARTS) is 1. The molecule has 4 rings (SSSR count). The van der Waals surface area contributed by atoms with Gasteiger partial charge in [-0.25, -0.2) is 4.39 Å². The Hall–Kier alpha value is -4.04. The first-order valence-electron chi connectivity index (χ1n) is 10.7. The van der Waals surface area contributed by atoms with Gasteiger partial charge >= 0.3 is 5.97 Å². The topological polar surface area (TPSA) is 51.5 Å². The largest absolute Gasteiger partial charge is 0.489 e. The van der Waals surface area contributed by atoms with E-state index in [2.05, 4.69) is 28.5 Å². The lowest BCUT2D eigenvalue weighted by molar-refractivity contribution is -0.137. The van der Waals surface area contributed by atoms with Gasteiger partial charge < -0.3 is 14.4 Å². The quantitative estimate of drug-likeness (QED) is 0.342. The predicted molar refractivity (Wildman–Crippen MR) is 127 cm³/mol. The number of aromatic nitrogens is 1. The zero-order chi connectivity index (χ0) is 23.2. The molecule has 0 saturated carbocycles. The molecule has 0 spiro atoms. The summed E-state index contributed by atoms with van der Waals surface area (Å²) in [5.41, 5.74) is 3.40. The van der Waals surface area contributed by atoms with Crippen molar-refractivity contribution in [2.24, 2.45) is 0 Å². The summed E-state index contributed by atoms with van der Waals surface area (Å²) in [7, 11) is 0. The molecule has 3 aromatic carbocycles. The average Bonchev–Trinajstić information content (AvgIpc) is 3.19. The molecule has 33 heavy (non-hydrogen) atoms. The van der Waals surface area contributed by atoms with E-state index in [4.69, 9.17) is 9.84 Å². The number of carboxylic acids is 1. The first-order valence-corrected chi connectivity index (χ1v) is 10.7. The summed E-state index contributed by atoms with van der Waals surface area (Å²) in [6.45, 7) is 2.48. The zero-order valence-corrected chi connectivity index (χ0v) is 18.3. The Kier molecular flexibility index (Phi) is 6.75. The van der Waals surface area contributed by atoms with Gasteiger partial charge in [0.25, 0.3) is 0 Å². The van der Waals surface area contributed by atoms with Gasteiger partial charge in [-0.05, 0) is 48.4 Å². The lowest BCUT2D eigenvalue weighted by Crippen LogP contribution is -2.05. The highest BCUT2D eigenvalue weighted by Crippen LogP contribution is 2.25. The smallest absolute Gasteiger partial charge is 0.304 e. The molecule has 0 radical (unpaired) electrons. The van der Waals surface area contributed by atoms with E-state index in [-0.39, 0.29) is 24.8 Å². The van der Waals surface area contributed by atoms with Crippen LogP contribution in [0.2, 0.25) is 0 Å². The van der Waals surface area contributed by atoms with Gasteiger partial charge in [-0.2, -0.15) is 0 Å². The van der Waals surface area contributed by atoms with E-state index >= 15 is 0 Å². The number of halogens is 1. The molecule has 0 fully saturated rings. The van der Waals surface area contributed by atoms with Crippen LogP contribution in [0.25, 0.3) is 10.9 Å². The van der Waals surface area contributed by atoms with Crippen molar-refractivity contribution in [2.75, 3.05) is 0 Å². The van der Waals surface area contributed by atoms with E-state index in [0.29, 0.717) is 17.9 Å². The van der Waals surface area contributed by atoms with Crippen LogP contribution in [0.5, 0.6) is 5.75 Å². The standard InChI is InChI=1S/C28H24FNO3/c1-2-6-22(17-28(31)32)21-9-11-25(12-10-21)33-19-24-16-27-23(15-26(24)29)13-14-30(27)18-20-7-4-3-5-8-20/h3-5,7-16,22H,17-19H2,1H3,(H,31,32)/t22-/m0/s1. The molecule has 0 saturated heterocycles. The van der Waals surface area contributed by atoms with Gasteiger partial charge in [-0.3, -0.25) is 4.79 Å². The Balaban J connectivity index is 1.49. The summed E-state index contributed by atoms with van der Waals surface area (Å²) in [4.78, 5) is 11.1. The third-order valence-corrected chi connectivity index (χ3v) is 5.51. The zero-order valence-electron chi connectivity index (χ0n) is 18.3. The first kappa shape index (κ1) is 22.2. The van der Waals surface area contributed by atoms with Gasteiger partial charge in [0.05, 0.1) is 12.3 Å². The van der Waals surface area contributed by atoms with Crippen LogP contribution in [-0.4, -0.2) is 15.6 Å². The molecule has 0 amide bonds. The van der Waals surface area contributed by atoms with Crippen LogP contribution in [0.3, 0.4) is 0 Å². The second-order valence-electron chi connectivity index (χ2n) is 7.83. The van der Waals surface area contributed by atoms with Crippen LogP contribution in [-0.2, 0) is 17.9 Å². The molecule has 4 nitrogen and oxygen atoms in total. The summed E-state index contributed by atoms with van der Waals surface area (Å²) in [6, 6.07) is 22.5. The van der Waals surface area contributed by atoms with Crippen molar-refractivity contribution in [3.05, 3.63) is 102 Å². The van der Waals surface area contributed by atoms with Gasteiger partial charge in [0.15, 0.2) is 0 Å². The summed E-state index contributed by atoms with van der Waals surface area (Å²) in [5.74, 6) is 4.71. The van der Waals surface area contributed by atoms with Crippen molar-refractivity contribution in [3.8, 4) is 17.6 Å². The number of carbonyl (C=O) groups is 1. The molecule has 0 unspecified atom stereocenters. The van der Waals surface area contributed by atoms with Gasteiger partial charge in [-0.1, -0.05) is 48.4 Å². The summed E-state index contributed by atoms with van der Waals surface area (Å²) in [6.07, 6.45) is 1.90. The first-order chi connectivity index (χ1) is 16.0. The van der Waals surface area contributed by atoms with Crippen molar-refractivity contribution < 1.29 is 19.0 Å². The number of rotatable bonds is 8. The highest BCUT2D eigenvalue weighted by Gasteiger charge is 2.14. The van der Waals surface area contributed by atoms with Crippen molar-refractivity contribution in [1.82, 2.24) is 4.57 Å².